The van der Waals surface area contributed by atoms with E-state index in [0.717, 1.165) is 12.0 Å². The maximum Gasteiger partial charge on any atom is 0.307 e. The Bertz CT molecular complexity index is 498. The standard InChI is InChI=1S/C17H24FNO2/c1-11-15(9-8-14(16(20)21)17(11,2)3)19-10-12-4-6-13(18)7-5-12/h4-7,11,14-15,19H,8-10H2,1-3H3,(H,20,21). The van der Waals surface area contributed by atoms with Gasteiger partial charge in [-0.1, -0.05) is 32.9 Å². The zero-order valence-corrected chi connectivity index (χ0v) is 12.9. The van der Waals surface area contributed by atoms with E-state index in [4.69, 9.17) is 0 Å². The Morgan fingerprint density at radius 2 is 1.95 bits per heavy atom. The molecule has 1 aromatic carbocycles. The van der Waals surface area contributed by atoms with E-state index in [1.165, 1.54) is 12.1 Å². The molecule has 2 rings (SSSR count). The quantitative estimate of drug-likeness (QED) is 0.894. The smallest absolute Gasteiger partial charge is 0.307 e. The maximum atomic E-state index is 12.9. The summed E-state index contributed by atoms with van der Waals surface area (Å²) < 4.78 is 12.9. The highest BCUT2D eigenvalue weighted by Gasteiger charge is 2.45. The van der Waals surface area contributed by atoms with Crippen LogP contribution < -0.4 is 5.32 Å². The van der Waals surface area contributed by atoms with Crippen LogP contribution >= 0.6 is 0 Å². The van der Waals surface area contributed by atoms with Crippen LogP contribution in [0.4, 0.5) is 4.39 Å². The second-order valence-electron chi connectivity index (χ2n) is 6.69. The number of carboxylic acids is 1. The lowest BCUT2D eigenvalue weighted by atomic mass is 9.61. The topological polar surface area (TPSA) is 49.3 Å². The maximum absolute atomic E-state index is 12.9. The summed E-state index contributed by atoms with van der Waals surface area (Å²) in [6.07, 6.45) is 1.57. The Morgan fingerprint density at radius 1 is 1.33 bits per heavy atom. The Labute approximate surface area is 125 Å². The molecule has 116 valence electrons. The van der Waals surface area contributed by atoms with Crippen molar-refractivity contribution in [1.29, 1.82) is 0 Å². The van der Waals surface area contributed by atoms with Crippen LogP contribution in [0.3, 0.4) is 0 Å². The van der Waals surface area contributed by atoms with Crippen LogP contribution in [-0.4, -0.2) is 17.1 Å². The molecule has 0 aliphatic heterocycles. The van der Waals surface area contributed by atoms with Crippen LogP contribution in [-0.2, 0) is 11.3 Å². The number of aliphatic carboxylic acids is 1. The first kappa shape index (κ1) is 16.0. The highest BCUT2D eigenvalue weighted by molar-refractivity contribution is 5.71. The molecular formula is C17H24FNO2. The van der Waals surface area contributed by atoms with Gasteiger partial charge in [0.15, 0.2) is 0 Å². The molecule has 3 nitrogen and oxygen atoms in total. The van der Waals surface area contributed by atoms with Crippen molar-refractivity contribution in [2.45, 2.75) is 46.2 Å². The molecule has 0 saturated heterocycles. The van der Waals surface area contributed by atoms with Crippen LogP contribution in [0.25, 0.3) is 0 Å². The number of halogens is 1. The molecule has 3 unspecified atom stereocenters. The number of nitrogens with one attached hydrogen (secondary N) is 1. The summed E-state index contributed by atoms with van der Waals surface area (Å²) in [6, 6.07) is 6.78. The molecule has 4 heteroatoms. The SMILES string of the molecule is CC1C(NCc2ccc(F)cc2)CCC(C(=O)O)C1(C)C. The third-order valence-corrected chi connectivity index (χ3v) is 5.22. The summed E-state index contributed by atoms with van der Waals surface area (Å²) in [5, 5.41) is 12.9. The van der Waals surface area contributed by atoms with Crippen LogP contribution in [0, 0.1) is 23.1 Å². The lowest BCUT2D eigenvalue weighted by Crippen LogP contribution is -2.50. The molecule has 1 saturated carbocycles. The van der Waals surface area contributed by atoms with Crippen molar-refractivity contribution in [3.63, 3.8) is 0 Å². The summed E-state index contributed by atoms with van der Waals surface area (Å²) in [6.45, 7) is 6.89. The molecule has 1 fully saturated rings. The number of carboxylic acid groups (broad SMARTS) is 1. The van der Waals surface area contributed by atoms with Gasteiger partial charge in [-0.25, -0.2) is 4.39 Å². The van der Waals surface area contributed by atoms with Gasteiger partial charge >= 0.3 is 5.97 Å². The Hall–Kier alpha value is -1.42. The molecule has 0 amide bonds. The lowest BCUT2D eigenvalue weighted by molar-refractivity contribution is -0.150. The minimum Gasteiger partial charge on any atom is -0.481 e. The molecule has 0 heterocycles. The highest BCUT2D eigenvalue weighted by Crippen LogP contribution is 2.45. The fourth-order valence-electron chi connectivity index (χ4n) is 3.38. The highest BCUT2D eigenvalue weighted by atomic mass is 19.1. The van der Waals surface area contributed by atoms with Gasteiger partial charge in [0.2, 0.25) is 0 Å². The van der Waals surface area contributed by atoms with Gasteiger partial charge in [0.05, 0.1) is 5.92 Å². The van der Waals surface area contributed by atoms with Gasteiger partial charge in [0, 0.05) is 12.6 Å². The predicted octanol–water partition coefficient (Wildman–Crippen LogP) is 3.44. The van der Waals surface area contributed by atoms with Gasteiger partial charge in [-0.15, -0.1) is 0 Å². The lowest BCUT2D eigenvalue weighted by Gasteiger charge is -2.46. The molecule has 1 aliphatic rings. The van der Waals surface area contributed by atoms with Gasteiger partial charge in [-0.2, -0.15) is 0 Å². The zero-order valence-electron chi connectivity index (χ0n) is 12.9. The first-order chi connectivity index (χ1) is 9.82. The number of hydrogen-bond donors (Lipinski definition) is 2. The number of hydrogen-bond acceptors (Lipinski definition) is 2. The summed E-state index contributed by atoms with van der Waals surface area (Å²) >= 11 is 0. The molecule has 0 radical (unpaired) electrons. The summed E-state index contributed by atoms with van der Waals surface area (Å²) in [7, 11) is 0. The van der Waals surface area contributed by atoms with Gasteiger partial charge in [-0.05, 0) is 41.9 Å². The third-order valence-electron chi connectivity index (χ3n) is 5.22. The van der Waals surface area contributed by atoms with Crippen molar-refractivity contribution in [1.82, 2.24) is 5.32 Å². The van der Waals surface area contributed by atoms with Gasteiger partial charge < -0.3 is 10.4 Å². The minimum atomic E-state index is -0.691. The van der Waals surface area contributed by atoms with Gasteiger partial charge in [0.25, 0.3) is 0 Å². The minimum absolute atomic E-state index is 0.227. The second kappa shape index (κ2) is 6.14. The van der Waals surface area contributed by atoms with Crippen molar-refractivity contribution in [2.24, 2.45) is 17.3 Å². The van der Waals surface area contributed by atoms with E-state index >= 15 is 0 Å². The van der Waals surface area contributed by atoms with E-state index in [9.17, 15) is 14.3 Å². The first-order valence-electron chi connectivity index (χ1n) is 7.53. The largest absolute Gasteiger partial charge is 0.481 e. The third kappa shape index (κ3) is 3.43. The molecular weight excluding hydrogens is 269 g/mol. The van der Waals surface area contributed by atoms with Gasteiger partial charge in [0.1, 0.15) is 5.82 Å². The Balaban J connectivity index is 1.99. The fraction of sp³-hybridized carbons (Fsp3) is 0.588. The molecule has 0 aromatic heterocycles. The van der Waals surface area contributed by atoms with E-state index in [-0.39, 0.29) is 23.1 Å². The van der Waals surface area contributed by atoms with Crippen molar-refractivity contribution in [3.05, 3.63) is 35.6 Å². The molecule has 0 bridgehead atoms. The Morgan fingerprint density at radius 3 is 2.52 bits per heavy atom. The van der Waals surface area contributed by atoms with E-state index in [2.05, 4.69) is 12.2 Å². The van der Waals surface area contributed by atoms with E-state index in [0.29, 0.717) is 19.0 Å². The predicted molar refractivity (Wildman–Crippen MR) is 80.3 cm³/mol. The Kier molecular flexibility index (Phi) is 4.67. The van der Waals surface area contributed by atoms with Crippen LogP contribution in [0.1, 0.15) is 39.2 Å². The monoisotopic (exact) mass is 293 g/mol. The molecule has 2 N–H and O–H groups in total. The summed E-state index contributed by atoms with van der Waals surface area (Å²) in [4.78, 5) is 11.4. The average molecular weight is 293 g/mol. The first-order valence-corrected chi connectivity index (χ1v) is 7.53. The summed E-state index contributed by atoms with van der Waals surface area (Å²) in [5.74, 6) is -0.928. The molecule has 1 aromatic rings. The number of benzene rings is 1. The zero-order chi connectivity index (χ0) is 15.6. The van der Waals surface area contributed by atoms with Crippen LogP contribution in [0.15, 0.2) is 24.3 Å². The number of rotatable bonds is 4. The van der Waals surface area contributed by atoms with E-state index in [1.54, 1.807) is 12.1 Å². The molecule has 3 atom stereocenters. The van der Waals surface area contributed by atoms with E-state index in [1.807, 2.05) is 13.8 Å². The van der Waals surface area contributed by atoms with Gasteiger partial charge in [-0.3, -0.25) is 4.79 Å². The van der Waals surface area contributed by atoms with Crippen molar-refractivity contribution in [2.75, 3.05) is 0 Å². The fourth-order valence-corrected chi connectivity index (χ4v) is 3.38. The average Bonchev–Trinajstić information content (AvgIpc) is 2.42. The molecule has 21 heavy (non-hydrogen) atoms. The van der Waals surface area contributed by atoms with Crippen molar-refractivity contribution >= 4 is 5.97 Å². The van der Waals surface area contributed by atoms with E-state index < -0.39 is 5.97 Å². The van der Waals surface area contributed by atoms with Crippen LogP contribution in [0.5, 0.6) is 0 Å². The van der Waals surface area contributed by atoms with Crippen LogP contribution in [0.2, 0.25) is 0 Å². The van der Waals surface area contributed by atoms with Crippen molar-refractivity contribution in [3.8, 4) is 0 Å². The summed E-state index contributed by atoms with van der Waals surface area (Å²) in [5.41, 5.74) is 0.812. The number of carbonyl (C=O) groups is 1. The molecule has 1 aliphatic carbocycles. The molecule has 0 spiro atoms. The second-order valence-corrected chi connectivity index (χ2v) is 6.69. The normalized spacial score (nSPS) is 28.3. The van der Waals surface area contributed by atoms with Crippen molar-refractivity contribution < 1.29 is 14.3 Å².